The topological polar surface area (TPSA) is 58.6 Å². The Balaban J connectivity index is 1.94. The molecule has 2 aromatic carbocycles. The maximum atomic E-state index is 12.9. The second kappa shape index (κ2) is 6.55. The van der Waals surface area contributed by atoms with Gasteiger partial charge in [-0.3, -0.25) is 4.72 Å². The summed E-state index contributed by atoms with van der Waals surface area (Å²) in [5.41, 5.74) is -0.756. The van der Waals surface area contributed by atoms with E-state index in [4.69, 9.17) is 16.3 Å². The third-order valence-corrected chi connectivity index (χ3v) is 5.57. The molecule has 0 fully saturated rings. The lowest BCUT2D eigenvalue weighted by Gasteiger charge is -2.28. The lowest BCUT2D eigenvalue weighted by Crippen LogP contribution is -2.29. The van der Waals surface area contributed by atoms with Crippen molar-refractivity contribution >= 4 is 33.0 Å². The Morgan fingerprint density at radius 3 is 2.62 bits per heavy atom. The lowest BCUT2D eigenvalue weighted by molar-refractivity contribution is -0.137. The second-order valence-corrected chi connectivity index (χ2v) is 7.79. The molecule has 1 aliphatic heterocycles. The van der Waals surface area contributed by atoms with Crippen LogP contribution in [0.25, 0.3) is 0 Å². The first-order valence-electron chi connectivity index (χ1n) is 7.45. The highest BCUT2D eigenvalue weighted by molar-refractivity contribution is 7.92. The predicted octanol–water partition coefficient (Wildman–Crippen LogP) is 3.99. The van der Waals surface area contributed by atoms with Crippen LogP contribution in [0.3, 0.4) is 0 Å². The largest absolute Gasteiger partial charge is 0.490 e. The van der Waals surface area contributed by atoms with Crippen LogP contribution in [0.5, 0.6) is 5.75 Å². The number of halogens is 4. The van der Waals surface area contributed by atoms with Crippen molar-refractivity contribution < 1.29 is 26.3 Å². The molecule has 0 bridgehead atoms. The van der Waals surface area contributed by atoms with E-state index in [1.54, 1.807) is 7.05 Å². The third-order valence-electron chi connectivity index (χ3n) is 3.86. The van der Waals surface area contributed by atoms with Crippen LogP contribution >= 0.6 is 11.6 Å². The number of nitrogens with zero attached hydrogens (tertiary/aromatic N) is 1. The van der Waals surface area contributed by atoms with Crippen LogP contribution in [-0.2, 0) is 16.2 Å². The summed E-state index contributed by atoms with van der Waals surface area (Å²) in [4.78, 5) is 1.75. The van der Waals surface area contributed by atoms with Crippen molar-refractivity contribution in [1.82, 2.24) is 0 Å². The van der Waals surface area contributed by atoms with E-state index in [1.165, 1.54) is 24.3 Å². The Hall–Kier alpha value is -2.13. The third kappa shape index (κ3) is 3.68. The molecular weight excluding hydrogens is 393 g/mol. The molecule has 0 aromatic heterocycles. The van der Waals surface area contributed by atoms with E-state index in [9.17, 15) is 21.6 Å². The molecule has 1 aliphatic rings. The van der Waals surface area contributed by atoms with Gasteiger partial charge in [0.15, 0.2) is 0 Å². The SMILES string of the molecule is CN1CCOc2ccc(S(=O)(=O)Nc3ccc(Cl)c(C(F)(F)F)c3)cc21. The quantitative estimate of drug-likeness (QED) is 0.837. The van der Waals surface area contributed by atoms with Crippen molar-refractivity contribution in [2.45, 2.75) is 11.1 Å². The number of nitrogens with one attached hydrogen (secondary N) is 1. The highest BCUT2D eigenvalue weighted by Crippen LogP contribution is 2.37. The van der Waals surface area contributed by atoms with Crippen LogP contribution in [0.15, 0.2) is 41.3 Å². The van der Waals surface area contributed by atoms with E-state index in [-0.39, 0.29) is 10.6 Å². The summed E-state index contributed by atoms with van der Waals surface area (Å²) in [6.45, 7) is 1.08. The van der Waals surface area contributed by atoms with Crippen molar-refractivity contribution in [3.63, 3.8) is 0 Å². The van der Waals surface area contributed by atoms with Gasteiger partial charge < -0.3 is 9.64 Å². The highest BCUT2D eigenvalue weighted by Gasteiger charge is 2.33. The number of ether oxygens (including phenoxy) is 1. The van der Waals surface area contributed by atoms with Crippen molar-refractivity contribution in [3.8, 4) is 5.75 Å². The van der Waals surface area contributed by atoms with Gasteiger partial charge in [0.05, 0.1) is 27.7 Å². The summed E-state index contributed by atoms with van der Waals surface area (Å²) in [6, 6.07) is 7.09. The van der Waals surface area contributed by atoms with Crippen LogP contribution in [0, 0.1) is 0 Å². The van der Waals surface area contributed by atoms with E-state index in [1.807, 2.05) is 4.90 Å². The number of sulfonamides is 1. The summed E-state index contributed by atoms with van der Waals surface area (Å²) in [7, 11) is -2.30. The van der Waals surface area contributed by atoms with Crippen molar-refractivity contribution in [1.29, 1.82) is 0 Å². The number of likely N-dealkylation sites (N-methyl/N-ethyl adjacent to an activating group) is 1. The number of hydrogen-bond donors (Lipinski definition) is 1. The number of hydrogen-bond acceptors (Lipinski definition) is 4. The van der Waals surface area contributed by atoms with Gasteiger partial charge in [0.2, 0.25) is 0 Å². The molecule has 0 saturated heterocycles. The van der Waals surface area contributed by atoms with Crippen molar-refractivity contribution in [2.75, 3.05) is 29.8 Å². The monoisotopic (exact) mass is 406 g/mol. The first kappa shape index (κ1) is 18.7. The van der Waals surface area contributed by atoms with Gasteiger partial charge in [-0.25, -0.2) is 8.42 Å². The Morgan fingerprint density at radius 2 is 1.92 bits per heavy atom. The van der Waals surface area contributed by atoms with Gasteiger partial charge in [0, 0.05) is 12.7 Å². The molecule has 0 saturated carbocycles. The zero-order valence-corrected chi connectivity index (χ0v) is 15.0. The van der Waals surface area contributed by atoms with Gasteiger partial charge in [-0.15, -0.1) is 0 Å². The summed E-state index contributed by atoms with van der Waals surface area (Å²) >= 11 is 5.55. The summed E-state index contributed by atoms with van der Waals surface area (Å²) < 4.78 is 71.5. The van der Waals surface area contributed by atoms with Crippen LogP contribution in [0.4, 0.5) is 24.5 Å². The molecule has 5 nitrogen and oxygen atoms in total. The zero-order valence-electron chi connectivity index (χ0n) is 13.5. The maximum absolute atomic E-state index is 12.9. The Morgan fingerprint density at radius 1 is 1.19 bits per heavy atom. The molecule has 0 amide bonds. The fraction of sp³-hybridized carbons (Fsp3) is 0.250. The number of fused-ring (bicyclic) bond motifs is 1. The molecule has 3 rings (SSSR count). The smallest absolute Gasteiger partial charge is 0.417 e. The summed E-state index contributed by atoms with van der Waals surface area (Å²) in [5.74, 6) is 0.545. The summed E-state index contributed by atoms with van der Waals surface area (Å²) in [5, 5.41) is -0.506. The van der Waals surface area contributed by atoms with E-state index < -0.39 is 26.8 Å². The van der Waals surface area contributed by atoms with Gasteiger partial charge >= 0.3 is 6.18 Å². The first-order valence-corrected chi connectivity index (χ1v) is 9.31. The van der Waals surface area contributed by atoms with Crippen LogP contribution in [0.1, 0.15) is 5.56 Å². The summed E-state index contributed by atoms with van der Waals surface area (Å²) in [6.07, 6.45) is -4.69. The van der Waals surface area contributed by atoms with Gasteiger partial charge in [-0.05, 0) is 36.4 Å². The molecule has 1 heterocycles. The molecular formula is C16H14ClF3N2O3S. The highest BCUT2D eigenvalue weighted by atomic mass is 35.5. The fourth-order valence-corrected chi connectivity index (χ4v) is 3.81. The average Bonchev–Trinajstić information content (AvgIpc) is 2.55. The zero-order chi connectivity index (χ0) is 19.1. The molecule has 10 heteroatoms. The first-order chi connectivity index (χ1) is 12.1. The van der Waals surface area contributed by atoms with E-state index in [0.29, 0.717) is 30.7 Å². The Bertz CT molecular complexity index is 948. The molecule has 0 aliphatic carbocycles. The number of alkyl halides is 3. The van der Waals surface area contributed by atoms with Gasteiger partial charge in [-0.1, -0.05) is 11.6 Å². The van der Waals surface area contributed by atoms with Crippen LogP contribution in [-0.4, -0.2) is 28.6 Å². The van der Waals surface area contributed by atoms with Crippen molar-refractivity contribution in [2.24, 2.45) is 0 Å². The Labute approximate surface area is 153 Å². The van der Waals surface area contributed by atoms with Gasteiger partial charge in [0.25, 0.3) is 10.0 Å². The van der Waals surface area contributed by atoms with Crippen molar-refractivity contribution in [3.05, 3.63) is 47.0 Å². The molecule has 0 unspecified atom stereocenters. The minimum absolute atomic E-state index is 0.0860. The lowest BCUT2D eigenvalue weighted by atomic mass is 10.2. The minimum atomic E-state index is -4.69. The van der Waals surface area contributed by atoms with E-state index >= 15 is 0 Å². The van der Waals surface area contributed by atoms with Crippen LogP contribution in [0.2, 0.25) is 5.02 Å². The molecule has 0 radical (unpaired) electrons. The second-order valence-electron chi connectivity index (χ2n) is 5.70. The Kier molecular flexibility index (Phi) is 4.70. The predicted molar refractivity (Wildman–Crippen MR) is 92.5 cm³/mol. The van der Waals surface area contributed by atoms with Gasteiger partial charge in [-0.2, -0.15) is 13.2 Å². The maximum Gasteiger partial charge on any atom is 0.417 e. The molecule has 26 heavy (non-hydrogen) atoms. The van der Waals surface area contributed by atoms with Crippen LogP contribution < -0.4 is 14.4 Å². The number of rotatable bonds is 3. The average molecular weight is 407 g/mol. The molecule has 1 N–H and O–H groups in total. The fourth-order valence-electron chi connectivity index (χ4n) is 2.52. The minimum Gasteiger partial charge on any atom is -0.490 e. The van der Waals surface area contributed by atoms with E-state index in [0.717, 1.165) is 6.07 Å². The normalized spacial score (nSPS) is 14.6. The molecule has 0 spiro atoms. The molecule has 0 atom stereocenters. The number of benzene rings is 2. The molecule has 140 valence electrons. The number of anilines is 2. The standard InChI is InChI=1S/C16H14ClF3N2O3S/c1-22-6-7-25-15-5-3-11(9-14(15)22)26(23,24)21-10-2-4-13(17)12(8-10)16(18,19)20/h2-5,8-9,21H,6-7H2,1H3. The van der Waals surface area contributed by atoms with Gasteiger partial charge in [0.1, 0.15) is 12.4 Å². The molecule has 2 aromatic rings. The van der Waals surface area contributed by atoms with E-state index in [2.05, 4.69) is 4.72 Å².